The third kappa shape index (κ3) is 13.6. The average molecular weight is 787 g/mol. The van der Waals surface area contributed by atoms with E-state index in [0.29, 0.717) is 25.7 Å². The van der Waals surface area contributed by atoms with Crippen LogP contribution in [0.4, 0.5) is 0 Å². The van der Waals surface area contributed by atoms with E-state index in [0.717, 1.165) is 36.3 Å². The molecule has 1 saturated heterocycles. The maximum atomic E-state index is 14.6. The van der Waals surface area contributed by atoms with Crippen LogP contribution < -0.4 is 16.4 Å². The molecule has 1 aromatic carbocycles. The van der Waals surface area contributed by atoms with Gasteiger partial charge in [-0.25, -0.2) is 4.98 Å². The first-order chi connectivity index (χ1) is 26.1. The minimum absolute atomic E-state index is 0.0233. The number of likely N-dealkylation sites (N-methyl/N-ethyl adjacent to an activating group) is 1. The summed E-state index contributed by atoms with van der Waals surface area (Å²) in [7, 11) is 1.91. The predicted octanol–water partition coefficient (Wildman–Crippen LogP) is 4.29. The Kier molecular flexibility index (Phi) is 18.0. The summed E-state index contributed by atoms with van der Waals surface area (Å²) in [5.41, 5.74) is 6.44. The van der Waals surface area contributed by atoms with Gasteiger partial charge in [-0.3, -0.25) is 28.9 Å². The molecule has 1 fully saturated rings. The van der Waals surface area contributed by atoms with Gasteiger partial charge in [-0.15, -0.1) is 11.3 Å². The molecule has 14 nitrogen and oxygen atoms in total. The van der Waals surface area contributed by atoms with Crippen LogP contribution in [0.2, 0.25) is 0 Å². The molecule has 1 aliphatic rings. The summed E-state index contributed by atoms with van der Waals surface area (Å²) in [4.78, 5) is 74.0. The third-order valence-electron chi connectivity index (χ3n) is 10.5. The van der Waals surface area contributed by atoms with Gasteiger partial charge in [0.25, 0.3) is 5.91 Å². The van der Waals surface area contributed by atoms with Gasteiger partial charge < -0.3 is 36.2 Å². The Morgan fingerprint density at radius 2 is 1.75 bits per heavy atom. The summed E-state index contributed by atoms with van der Waals surface area (Å²) >= 11 is 1.10. The maximum absolute atomic E-state index is 14.6. The Morgan fingerprint density at radius 1 is 1.05 bits per heavy atom. The Balaban J connectivity index is 1.85. The maximum Gasteiger partial charge on any atom is 0.307 e. The molecule has 3 rings (SSSR count). The number of hydrogen-bond donors (Lipinski definition) is 5. The van der Waals surface area contributed by atoms with E-state index in [1.54, 1.807) is 36.6 Å². The number of phenolic OH excluding ortho intramolecular Hbond substituents is 1. The zero-order valence-corrected chi connectivity index (χ0v) is 34.3. The summed E-state index contributed by atoms with van der Waals surface area (Å²) in [6.07, 6.45) is 3.48. The number of esters is 1. The number of nitrogens with two attached hydrogens (primary N) is 1. The first kappa shape index (κ1) is 45.3. The van der Waals surface area contributed by atoms with Crippen LogP contribution in [-0.2, 0) is 30.3 Å². The van der Waals surface area contributed by atoms with Gasteiger partial charge >= 0.3 is 5.97 Å². The number of rotatable bonds is 21. The summed E-state index contributed by atoms with van der Waals surface area (Å²) in [6.45, 7) is 11.6. The number of amides is 4. The predicted molar refractivity (Wildman–Crippen MR) is 211 cm³/mol. The van der Waals surface area contributed by atoms with Crippen molar-refractivity contribution in [3.8, 4) is 5.75 Å². The van der Waals surface area contributed by atoms with Crippen molar-refractivity contribution in [2.45, 2.75) is 130 Å². The molecule has 15 heteroatoms. The molecule has 0 bridgehead atoms. The Bertz CT molecular complexity index is 1570. The molecule has 0 aliphatic carbocycles. The highest BCUT2D eigenvalue weighted by molar-refractivity contribution is 7.09. The number of aromatic nitrogens is 1. The number of hydrogen-bond acceptors (Lipinski definition) is 11. The van der Waals surface area contributed by atoms with Crippen LogP contribution in [0.3, 0.4) is 0 Å². The molecule has 6 N–H and O–H groups in total. The van der Waals surface area contributed by atoms with E-state index >= 15 is 0 Å². The molecule has 0 radical (unpaired) electrons. The Hall–Kier alpha value is -4.08. The Morgan fingerprint density at radius 3 is 2.35 bits per heavy atom. The number of carbonyl (C=O) groups is 5. The Labute approximate surface area is 329 Å². The number of primary amides is 1. The van der Waals surface area contributed by atoms with Gasteiger partial charge in [0.15, 0.2) is 6.73 Å². The average Bonchev–Trinajstić information content (AvgIpc) is 3.65. The van der Waals surface area contributed by atoms with Crippen molar-refractivity contribution in [2.75, 3.05) is 20.3 Å². The van der Waals surface area contributed by atoms with Crippen molar-refractivity contribution >= 4 is 40.9 Å². The largest absolute Gasteiger partial charge is 0.508 e. The van der Waals surface area contributed by atoms with Crippen molar-refractivity contribution in [1.29, 1.82) is 0 Å². The zero-order chi connectivity index (χ0) is 40.8. The highest BCUT2D eigenvalue weighted by atomic mass is 32.1. The quantitative estimate of drug-likeness (QED) is 0.0897. The normalized spacial score (nSPS) is 18.0. The molecular weight excluding hydrogens is 725 g/mol. The van der Waals surface area contributed by atoms with Crippen molar-refractivity contribution in [1.82, 2.24) is 25.4 Å². The van der Waals surface area contributed by atoms with Crippen LogP contribution in [0.1, 0.15) is 120 Å². The van der Waals surface area contributed by atoms with Crippen molar-refractivity contribution in [3.63, 3.8) is 0 Å². The standard InChI is InChI=1S/C40H62N6O8S/c1-8-12-34(49)54-23-46(40(53)35(25(5)9-2)44-38(52)31-13-10-11-18-45(31)7)32(24(3)4)21-33(48)39-43-30(22-55-39)37(51)42-28(19-26(6)36(41)50)20-27-14-16-29(47)17-15-27/h14-17,22,24-26,28,31-33,35,47-48H,8-13,18-21,23H2,1-7H3,(H2,41,50)(H,42,51)(H,44,52)/t25?,26-,28+,31+,32+,33+,35-/m0/s1. The number of nitrogens with zero attached hydrogens (tertiary/aromatic N) is 3. The molecule has 0 spiro atoms. The van der Waals surface area contributed by atoms with Crippen molar-refractivity contribution in [2.24, 2.45) is 23.5 Å². The second-order valence-corrected chi connectivity index (χ2v) is 16.2. The number of carbonyl (C=O) groups excluding carboxylic acids is 5. The third-order valence-corrected chi connectivity index (χ3v) is 11.4. The van der Waals surface area contributed by atoms with Gasteiger partial charge in [-0.1, -0.05) is 66.5 Å². The van der Waals surface area contributed by atoms with Gasteiger partial charge in [-0.2, -0.15) is 0 Å². The first-order valence-corrected chi connectivity index (χ1v) is 20.4. The molecule has 55 heavy (non-hydrogen) atoms. The molecule has 2 aromatic rings. The number of aliphatic hydroxyl groups excluding tert-OH is 1. The number of aromatic hydroxyl groups is 1. The van der Waals surface area contributed by atoms with E-state index in [1.165, 1.54) is 4.90 Å². The molecule has 7 atom stereocenters. The summed E-state index contributed by atoms with van der Waals surface area (Å²) < 4.78 is 5.61. The highest BCUT2D eigenvalue weighted by Gasteiger charge is 2.38. The molecular formula is C40H62N6O8S. The van der Waals surface area contributed by atoms with Crippen LogP contribution in [-0.4, -0.2) is 99.1 Å². The van der Waals surface area contributed by atoms with E-state index in [-0.39, 0.29) is 66.2 Å². The van der Waals surface area contributed by atoms with Gasteiger partial charge in [-0.05, 0) is 75.2 Å². The van der Waals surface area contributed by atoms with Gasteiger partial charge in [0.2, 0.25) is 17.7 Å². The van der Waals surface area contributed by atoms with Crippen LogP contribution in [0.25, 0.3) is 0 Å². The number of nitrogens with one attached hydrogen (secondary N) is 2. The molecule has 0 saturated carbocycles. The summed E-state index contributed by atoms with van der Waals surface area (Å²) in [5, 5.41) is 29.0. The van der Waals surface area contributed by atoms with Crippen LogP contribution in [0, 0.1) is 17.8 Å². The number of phenols is 1. The minimum atomic E-state index is -1.18. The van der Waals surface area contributed by atoms with E-state index < -0.39 is 53.8 Å². The SMILES string of the molecule is CCCC(=O)OCN(C(=O)[C@@H](NC(=O)[C@H]1CCCCN1C)C(C)CC)[C@H](C[C@@H](O)c1nc(C(=O)N[C@@H](Cc2ccc(O)cc2)C[C@H](C)C(N)=O)cs1)C(C)C. The number of thiazole rings is 1. The van der Waals surface area contributed by atoms with Crippen LogP contribution in [0.5, 0.6) is 5.75 Å². The van der Waals surface area contributed by atoms with E-state index in [1.807, 2.05) is 46.6 Å². The highest BCUT2D eigenvalue weighted by Crippen LogP contribution is 2.29. The van der Waals surface area contributed by atoms with E-state index in [2.05, 4.69) is 15.6 Å². The smallest absolute Gasteiger partial charge is 0.307 e. The fourth-order valence-corrected chi connectivity index (χ4v) is 7.60. The topological polar surface area (TPSA) is 204 Å². The lowest BCUT2D eigenvalue weighted by Gasteiger charge is -2.39. The summed E-state index contributed by atoms with van der Waals surface area (Å²) in [5.74, 6) is -2.92. The van der Waals surface area contributed by atoms with E-state index in [4.69, 9.17) is 10.5 Å². The molecule has 1 aliphatic heterocycles. The molecule has 1 aromatic heterocycles. The molecule has 306 valence electrons. The van der Waals surface area contributed by atoms with Gasteiger partial charge in [0, 0.05) is 36.2 Å². The van der Waals surface area contributed by atoms with E-state index in [9.17, 15) is 34.2 Å². The van der Waals surface area contributed by atoms with Crippen molar-refractivity contribution in [3.05, 3.63) is 45.9 Å². The second-order valence-electron chi connectivity index (χ2n) is 15.3. The number of ether oxygens (including phenoxy) is 1. The zero-order valence-electron chi connectivity index (χ0n) is 33.5. The second kappa shape index (κ2) is 21.9. The van der Waals surface area contributed by atoms with Crippen LogP contribution in [0.15, 0.2) is 29.6 Å². The monoisotopic (exact) mass is 786 g/mol. The fourth-order valence-electron chi connectivity index (χ4n) is 6.80. The number of likely N-dealkylation sites (tertiary alicyclic amines) is 1. The number of piperidine rings is 1. The minimum Gasteiger partial charge on any atom is -0.508 e. The lowest BCUT2D eigenvalue weighted by molar-refractivity contribution is -0.159. The summed E-state index contributed by atoms with van der Waals surface area (Å²) in [6, 6.07) is 4.21. The first-order valence-electron chi connectivity index (χ1n) is 19.5. The number of aliphatic hydroxyl groups is 1. The molecule has 4 amide bonds. The number of benzene rings is 1. The fraction of sp³-hybridized carbons (Fsp3) is 0.650. The lowest BCUT2D eigenvalue weighted by Crippen LogP contribution is -2.59. The molecule has 1 unspecified atom stereocenters. The van der Waals surface area contributed by atoms with Gasteiger partial charge in [0.1, 0.15) is 28.6 Å². The van der Waals surface area contributed by atoms with Crippen molar-refractivity contribution < 1.29 is 38.9 Å². The van der Waals surface area contributed by atoms with Crippen LogP contribution >= 0.6 is 11.3 Å². The lowest BCUT2D eigenvalue weighted by atomic mass is 9.92. The van der Waals surface area contributed by atoms with Gasteiger partial charge in [0.05, 0.1) is 6.04 Å². The molecule has 2 heterocycles.